The molecule has 0 fully saturated rings. The van der Waals surface area contributed by atoms with E-state index >= 15 is 0 Å². The molecule has 1 aliphatic rings. The van der Waals surface area contributed by atoms with Gasteiger partial charge >= 0.3 is 0 Å². The largest absolute Gasteiger partial charge is 0.489 e. The minimum Gasteiger partial charge on any atom is -0.489 e. The molecule has 0 atom stereocenters. The summed E-state index contributed by atoms with van der Waals surface area (Å²) in [6.07, 6.45) is 1.91. The second-order valence-corrected chi connectivity index (χ2v) is 8.22. The van der Waals surface area contributed by atoms with Crippen LogP contribution in [0.5, 0.6) is 17.2 Å². The average molecular weight is 507 g/mol. The minimum absolute atomic E-state index is 0.280. The lowest BCUT2D eigenvalue weighted by Crippen LogP contribution is -2.02. The number of hydrogen-bond donors (Lipinski definition) is 1. The molecule has 0 unspecified atom stereocenters. The van der Waals surface area contributed by atoms with Crippen LogP contribution in [0, 0.1) is 0 Å². The standard InChI is InChI=1S/C23H18BrCl2NO3/c1-2-28-23-17(24)9-14(11-22-27-19-5-3-4-6-20(19)30-22)10-21(23)29-13-15-7-8-16(25)12-18(15)26/h3-12,27H,2,13H2,1H3. The van der Waals surface area contributed by atoms with Crippen molar-refractivity contribution in [2.45, 2.75) is 13.5 Å². The molecule has 154 valence electrons. The highest BCUT2D eigenvalue weighted by Gasteiger charge is 2.17. The lowest BCUT2D eigenvalue weighted by Gasteiger charge is -2.15. The molecule has 1 aliphatic heterocycles. The summed E-state index contributed by atoms with van der Waals surface area (Å²) in [5.74, 6) is 2.66. The van der Waals surface area contributed by atoms with Crippen LogP contribution in [0.4, 0.5) is 5.69 Å². The highest BCUT2D eigenvalue weighted by Crippen LogP contribution is 2.39. The third-order valence-electron chi connectivity index (χ3n) is 4.38. The predicted molar refractivity (Wildman–Crippen MR) is 125 cm³/mol. The van der Waals surface area contributed by atoms with Gasteiger partial charge in [-0.25, -0.2) is 0 Å². The van der Waals surface area contributed by atoms with E-state index in [2.05, 4.69) is 21.2 Å². The molecule has 0 amide bonds. The van der Waals surface area contributed by atoms with Gasteiger partial charge in [0, 0.05) is 21.7 Å². The van der Waals surface area contributed by atoms with Gasteiger partial charge in [0.15, 0.2) is 23.1 Å². The van der Waals surface area contributed by atoms with Crippen LogP contribution < -0.4 is 19.5 Å². The lowest BCUT2D eigenvalue weighted by atomic mass is 10.2. The van der Waals surface area contributed by atoms with Crippen molar-refractivity contribution >= 4 is 50.9 Å². The zero-order valence-corrected chi connectivity index (χ0v) is 19.1. The molecule has 3 aromatic rings. The van der Waals surface area contributed by atoms with E-state index in [-0.39, 0.29) is 6.61 Å². The molecule has 4 rings (SSSR count). The summed E-state index contributed by atoms with van der Waals surface area (Å²) in [6.45, 7) is 2.72. The summed E-state index contributed by atoms with van der Waals surface area (Å²) in [5.41, 5.74) is 2.65. The Morgan fingerprint density at radius 3 is 2.67 bits per heavy atom. The Morgan fingerprint density at radius 2 is 1.90 bits per heavy atom. The van der Waals surface area contributed by atoms with Crippen LogP contribution in [-0.2, 0) is 6.61 Å². The van der Waals surface area contributed by atoms with E-state index in [4.69, 9.17) is 37.4 Å². The van der Waals surface area contributed by atoms with Gasteiger partial charge in [0.05, 0.1) is 16.8 Å². The molecule has 0 spiro atoms. The SMILES string of the molecule is CCOc1c(Br)cc(C=C2Nc3ccccc3O2)cc1OCc1ccc(Cl)cc1Cl. The maximum atomic E-state index is 6.28. The molecular weight excluding hydrogens is 489 g/mol. The number of anilines is 1. The van der Waals surface area contributed by atoms with Gasteiger partial charge in [0.1, 0.15) is 6.61 Å². The van der Waals surface area contributed by atoms with Crippen LogP contribution >= 0.6 is 39.1 Å². The van der Waals surface area contributed by atoms with Crippen molar-refractivity contribution in [3.63, 3.8) is 0 Å². The first-order chi connectivity index (χ1) is 14.5. The molecule has 0 saturated carbocycles. The van der Waals surface area contributed by atoms with E-state index in [1.807, 2.05) is 55.5 Å². The lowest BCUT2D eigenvalue weighted by molar-refractivity contribution is 0.268. The average Bonchev–Trinajstić information content (AvgIpc) is 3.12. The summed E-state index contributed by atoms with van der Waals surface area (Å²) in [6, 6.07) is 17.0. The molecule has 7 heteroatoms. The molecular formula is C23H18BrCl2NO3. The number of nitrogens with one attached hydrogen (secondary N) is 1. The molecule has 0 aromatic heterocycles. The number of halogens is 3. The van der Waals surface area contributed by atoms with Gasteiger partial charge in [-0.1, -0.05) is 41.4 Å². The number of fused-ring (bicyclic) bond motifs is 1. The fraction of sp³-hybridized carbons (Fsp3) is 0.130. The van der Waals surface area contributed by atoms with Gasteiger partial charge in [-0.05, 0) is 64.8 Å². The molecule has 0 aliphatic carbocycles. The van der Waals surface area contributed by atoms with Crippen molar-refractivity contribution in [3.8, 4) is 17.2 Å². The fourth-order valence-electron chi connectivity index (χ4n) is 3.01. The van der Waals surface area contributed by atoms with Crippen LogP contribution in [-0.4, -0.2) is 6.61 Å². The number of rotatable bonds is 6. The number of benzene rings is 3. The second kappa shape index (κ2) is 9.21. The van der Waals surface area contributed by atoms with Gasteiger partial charge in [-0.2, -0.15) is 0 Å². The maximum Gasteiger partial charge on any atom is 0.198 e. The minimum atomic E-state index is 0.280. The molecule has 0 bridgehead atoms. The van der Waals surface area contributed by atoms with Crippen molar-refractivity contribution in [1.82, 2.24) is 0 Å². The van der Waals surface area contributed by atoms with Crippen molar-refractivity contribution in [3.05, 3.63) is 86.1 Å². The number of para-hydroxylation sites is 2. The Bertz CT molecular complexity index is 1090. The quantitative estimate of drug-likeness (QED) is 0.375. The van der Waals surface area contributed by atoms with E-state index in [0.29, 0.717) is 34.0 Å². The molecule has 30 heavy (non-hydrogen) atoms. The first-order valence-electron chi connectivity index (χ1n) is 9.32. The summed E-state index contributed by atoms with van der Waals surface area (Å²) in [4.78, 5) is 0. The third kappa shape index (κ3) is 4.69. The van der Waals surface area contributed by atoms with Crippen LogP contribution in [0.15, 0.2) is 65.0 Å². The zero-order chi connectivity index (χ0) is 21.1. The van der Waals surface area contributed by atoms with Crippen LogP contribution in [0.2, 0.25) is 10.0 Å². The van der Waals surface area contributed by atoms with Crippen molar-refractivity contribution in [2.24, 2.45) is 0 Å². The molecule has 0 radical (unpaired) electrons. The highest BCUT2D eigenvalue weighted by molar-refractivity contribution is 9.10. The Kier molecular flexibility index (Phi) is 6.42. The van der Waals surface area contributed by atoms with Crippen LogP contribution in [0.25, 0.3) is 6.08 Å². The normalized spacial score (nSPS) is 13.5. The predicted octanol–water partition coefficient (Wildman–Crippen LogP) is 7.54. The van der Waals surface area contributed by atoms with E-state index in [9.17, 15) is 0 Å². The first kappa shape index (κ1) is 20.9. The molecule has 4 nitrogen and oxygen atoms in total. The fourth-order valence-corrected chi connectivity index (χ4v) is 4.05. The van der Waals surface area contributed by atoms with Gasteiger partial charge in [0.2, 0.25) is 0 Å². The third-order valence-corrected chi connectivity index (χ3v) is 5.56. The summed E-state index contributed by atoms with van der Waals surface area (Å²) < 4.78 is 18.5. The Hall–Kier alpha value is -2.34. The first-order valence-corrected chi connectivity index (χ1v) is 10.9. The molecule has 1 N–H and O–H groups in total. The smallest absolute Gasteiger partial charge is 0.198 e. The monoisotopic (exact) mass is 505 g/mol. The molecule has 1 heterocycles. The van der Waals surface area contributed by atoms with E-state index in [1.165, 1.54) is 0 Å². The van der Waals surface area contributed by atoms with Crippen molar-refractivity contribution in [2.75, 3.05) is 11.9 Å². The van der Waals surface area contributed by atoms with Crippen LogP contribution in [0.3, 0.4) is 0 Å². The van der Waals surface area contributed by atoms with E-state index in [1.54, 1.807) is 12.1 Å². The zero-order valence-electron chi connectivity index (χ0n) is 16.0. The Labute approximate surface area is 193 Å². The van der Waals surface area contributed by atoms with Crippen LogP contribution in [0.1, 0.15) is 18.1 Å². The van der Waals surface area contributed by atoms with E-state index < -0.39 is 0 Å². The number of ether oxygens (including phenoxy) is 3. The summed E-state index contributed by atoms with van der Waals surface area (Å²) in [7, 11) is 0. The van der Waals surface area contributed by atoms with Gasteiger partial charge in [-0.3, -0.25) is 0 Å². The number of hydrogen-bond acceptors (Lipinski definition) is 4. The Balaban J connectivity index is 1.60. The topological polar surface area (TPSA) is 39.7 Å². The summed E-state index contributed by atoms with van der Waals surface area (Å²) >= 11 is 15.8. The molecule has 3 aromatic carbocycles. The van der Waals surface area contributed by atoms with Gasteiger partial charge in [-0.15, -0.1) is 0 Å². The maximum absolute atomic E-state index is 6.28. The second-order valence-electron chi connectivity index (χ2n) is 6.52. The van der Waals surface area contributed by atoms with Crippen molar-refractivity contribution in [1.29, 1.82) is 0 Å². The highest BCUT2D eigenvalue weighted by atomic mass is 79.9. The summed E-state index contributed by atoms with van der Waals surface area (Å²) in [5, 5.41) is 4.39. The Morgan fingerprint density at radius 1 is 1.07 bits per heavy atom. The van der Waals surface area contributed by atoms with E-state index in [0.717, 1.165) is 27.0 Å². The van der Waals surface area contributed by atoms with Gasteiger partial charge in [0.25, 0.3) is 0 Å². The van der Waals surface area contributed by atoms with Crippen molar-refractivity contribution < 1.29 is 14.2 Å². The van der Waals surface area contributed by atoms with Gasteiger partial charge < -0.3 is 19.5 Å². The molecule has 0 saturated heterocycles.